The molecule has 176 valence electrons. The first-order chi connectivity index (χ1) is 16.3. The molecule has 1 aliphatic heterocycles. The molecule has 0 spiro atoms. The van der Waals surface area contributed by atoms with E-state index in [9.17, 15) is 18.0 Å². The van der Waals surface area contributed by atoms with Gasteiger partial charge in [-0.3, -0.25) is 9.79 Å². The smallest absolute Gasteiger partial charge is 0.434 e. The summed E-state index contributed by atoms with van der Waals surface area (Å²) in [7, 11) is 1.39. The molecule has 1 amide bonds. The minimum Gasteiger partial charge on any atom is -0.495 e. The molecule has 0 bridgehead atoms. The Morgan fingerprint density at radius 2 is 2.09 bits per heavy atom. The number of nitrogens with zero attached hydrogens (tertiary/aromatic N) is 4. The average molecular weight is 470 g/mol. The monoisotopic (exact) mass is 470 g/mol. The van der Waals surface area contributed by atoms with Crippen LogP contribution in [0.15, 0.2) is 65.1 Å². The van der Waals surface area contributed by atoms with Crippen LogP contribution in [0, 0.1) is 0 Å². The maximum atomic E-state index is 12.9. The van der Waals surface area contributed by atoms with Crippen molar-refractivity contribution in [3.8, 4) is 11.4 Å². The number of hydrogen-bond donors (Lipinski definition) is 2. The Labute approximate surface area is 193 Å². The summed E-state index contributed by atoms with van der Waals surface area (Å²) in [6.45, 7) is 0. The van der Waals surface area contributed by atoms with Crippen LogP contribution < -0.4 is 15.9 Å². The lowest BCUT2D eigenvalue weighted by Crippen LogP contribution is -2.25. The van der Waals surface area contributed by atoms with Crippen LogP contribution in [0.1, 0.15) is 23.2 Å². The van der Waals surface area contributed by atoms with Crippen molar-refractivity contribution in [2.75, 3.05) is 12.4 Å². The van der Waals surface area contributed by atoms with Crippen LogP contribution in [-0.2, 0) is 17.4 Å². The van der Waals surface area contributed by atoms with Gasteiger partial charge in [0.1, 0.15) is 17.5 Å². The lowest BCUT2D eigenvalue weighted by Gasteiger charge is -2.12. The third kappa shape index (κ3) is 4.77. The zero-order chi connectivity index (χ0) is 24.3. The van der Waals surface area contributed by atoms with Gasteiger partial charge >= 0.3 is 6.18 Å². The Morgan fingerprint density at radius 1 is 1.29 bits per heavy atom. The molecule has 1 unspecified atom stereocenters. The number of fused-ring (bicyclic) bond motifs is 1. The Morgan fingerprint density at radius 3 is 2.79 bits per heavy atom. The molecule has 2 heterocycles. The number of hydrazone groups is 1. The normalized spacial score (nSPS) is 16.8. The third-order valence-electron chi connectivity index (χ3n) is 5.41. The Hall–Kier alpha value is -4.15. The van der Waals surface area contributed by atoms with Crippen molar-refractivity contribution >= 4 is 23.5 Å². The van der Waals surface area contributed by atoms with Gasteiger partial charge in [-0.1, -0.05) is 24.3 Å². The fourth-order valence-electron chi connectivity index (χ4n) is 3.64. The first-order valence-corrected chi connectivity index (χ1v) is 10.3. The molecule has 0 fully saturated rings. The SMILES string of the molecule is COc1cc(C(C=NC2CCc3ccccc3NC2=O)=NN)ccc1-n1cnc(C(F)(F)F)c1. The topological polar surface area (TPSA) is 107 Å². The number of aliphatic imine (C=N–C) groups is 1. The predicted molar refractivity (Wildman–Crippen MR) is 122 cm³/mol. The molecule has 34 heavy (non-hydrogen) atoms. The number of anilines is 1. The molecular formula is C23H21F3N6O2. The molecule has 0 saturated carbocycles. The molecule has 1 aromatic heterocycles. The van der Waals surface area contributed by atoms with E-state index in [0.29, 0.717) is 24.1 Å². The zero-order valence-electron chi connectivity index (χ0n) is 18.1. The lowest BCUT2D eigenvalue weighted by molar-refractivity contribution is -0.140. The van der Waals surface area contributed by atoms with Crippen LogP contribution in [-0.4, -0.2) is 40.5 Å². The molecule has 11 heteroatoms. The molecule has 1 atom stereocenters. The number of aromatic nitrogens is 2. The molecule has 0 saturated heterocycles. The number of benzene rings is 2. The molecule has 8 nitrogen and oxygen atoms in total. The number of carbonyl (C=O) groups excluding carboxylic acids is 1. The van der Waals surface area contributed by atoms with Gasteiger partial charge in [-0.15, -0.1) is 0 Å². The number of rotatable bonds is 5. The van der Waals surface area contributed by atoms with Gasteiger partial charge in [-0.2, -0.15) is 18.3 Å². The number of nitrogens with one attached hydrogen (secondary N) is 1. The van der Waals surface area contributed by atoms with Gasteiger partial charge in [0.25, 0.3) is 0 Å². The van der Waals surface area contributed by atoms with E-state index in [1.165, 1.54) is 17.9 Å². The highest BCUT2D eigenvalue weighted by Crippen LogP contribution is 2.30. The minimum absolute atomic E-state index is 0.230. The number of nitrogens with two attached hydrogens (primary N) is 1. The average Bonchev–Trinajstić information content (AvgIpc) is 3.27. The number of amides is 1. The van der Waals surface area contributed by atoms with Gasteiger partial charge in [-0.25, -0.2) is 4.98 Å². The van der Waals surface area contributed by atoms with Gasteiger partial charge in [0, 0.05) is 17.4 Å². The predicted octanol–water partition coefficient (Wildman–Crippen LogP) is 3.59. The number of aryl methyl sites for hydroxylation is 1. The summed E-state index contributed by atoms with van der Waals surface area (Å²) in [6.07, 6.45) is -0.0173. The summed E-state index contributed by atoms with van der Waals surface area (Å²) < 4.78 is 45.3. The number of halogens is 3. The lowest BCUT2D eigenvalue weighted by atomic mass is 10.1. The highest BCUT2D eigenvalue weighted by atomic mass is 19.4. The minimum atomic E-state index is -4.56. The third-order valence-corrected chi connectivity index (χ3v) is 5.41. The van der Waals surface area contributed by atoms with Gasteiger partial charge in [0.2, 0.25) is 5.91 Å². The Balaban J connectivity index is 1.55. The Kier molecular flexibility index (Phi) is 6.35. The van der Waals surface area contributed by atoms with Crippen molar-refractivity contribution < 1.29 is 22.7 Å². The first-order valence-electron chi connectivity index (χ1n) is 10.3. The summed E-state index contributed by atoms with van der Waals surface area (Å²) in [4.78, 5) is 20.4. The number of carbonyl (C=O) groups is 1. The molecule has 3 N–H and O–H groups in total. The number of ether oxygens (including phenoxy) is 1. The summed E-state index contributed by atoms with van der Waals surface area (Å²) in [5, 5.41) is 6.63. The quantitative estimate of drug-likeness (QED) is 0.338. The van der Waals surface area contributed by atoms with Crippen LogP contribution in [0.2, 0.25) is 0 Å². The van der Waals surface area contributed by atoms with E-state index >= 15 is 0 Å². The molecule has 2 aromatic carbocycles. The van der Waals surface area contributed by atoms with Crippen molar-refractivity contribution in [3.05, 3.63) is 71.8 Å². The van der Waals surface area contributed by atoms with Crippen molar-refractivity contribution in [3.63, 3.8) is 0 Å². The number of methoxy groups -OCH3 is 1. The van der Waals surface area contributed by atoms with Gasteiger partial charge < -0.3 is 20.5 Å². The maximum Gasteiger partial charge on any atom is 0.434 e. The van der Waals surface area contributed by atoms with E-state index in [2.05, 4.69) is 20.4 Å². The van der Waals surface area contributed by atoms with E-state index in [4.69, 9.17) is 10.6 Å². The van der Waals surface area contributed by atoms with Crippen molar-refractivity contribution in [2.24, 2.45) is 15.9 Å². The van der Waals surface area contributed by atoms with E-state index < -0.39 is 17.9 Å². The Bertz CT molecular complexity index is 1270. The second-order valence-corrected chi connectivity index (χ2v) is 7.54. The highest BCUT2D eigenvalue weighted by Gasteiger charge is 2.33. The summed E-state index contributed by atoms with van der Waals surface area (Å²) in [5.74, 6) is 5.61. The molecular weight excluding hydrogens is 449 g/mol. The van der Waals surface area contributed by atoms with E-state index in [0.717, 1.165) is 23.8 Å². The summed E-state index contributed by atoms with van der Waals surface area (Å²) in [5.41, 5.74) is 1.94. The van der Waals surface area contributed by atoms with Gasteiger partial charge in [-0.05, 0) is 36.6 Å². The molecule has 0 aliphatic carbocycles. The zero-order valence-corrected chi connectivity index (χ0v) is 18.1. The van der Waals surface area contributed by atoms with Crippen LogP contribution in [0.5, 0.6) is 5.75 Å². The van der Waals surface area contributed by atoms with E-state index in [-0.39, 0.29) is 17.4 Å². The molecule has 0 radical (unpaired) electrons. The van der Waals surface area contributed by atoms with Crippen molar-refractivity contribution in [1.29, 1.82) is 0 Å². The fraction of sp³-hybridized carbons (Fsp3) is 0.217. The van der Waals surface area contributed by atoms with Crippen molar-refractivity contribution in [1.82, 2.24) is 9.55 Å². The fourth-order valence-corrected chi connectivity index (χ4v) is 3.64. The number of hydrogen-bond acceptors (Lipinski definition) is 6. The molecule has 1 aliphatic rings. The van der Waals surface area contributed by atoms with E-state index in [1.54, 1.807) is 18.2 Å². The van der Waals surface area contributed by atoms with Crippen molar-refractivity contribution in [2.45, 2.75) is 25.1 Å². The van der Waals surface area contributed by atoms with Crippen LogP contribution in [0.3, 0.4) is 0 Å². The molecule has 3 aromatic rings. The largest absolute Gasteiger partial charge is 0.495 e. The summed E-state index contributed by atoms with van der Waals surface area (Å²) >= 11 is 0. The van der Waals surface area contributed by atoms with E-state index in [1.807, 2.05) is 24.3 Å². The maximum absolute atomic E-state index is 12.9. The molecule has 4 rings (SSSR count). The standard InChI is InChI=1S/C23H21F3N6O2/c1-34-20-10-15(7-9-19(20)32-12-21(29-13-32)23(24,25)26)18(31-27)11-28-17-8-6-14-4-2-3-5-16(14)30-22(17)33/h2-5,7,9-13,17H,6,8,27H2,1H3,(H,30,33). The number of imidazole rings is 1. The number of alkyl halides is 3. The van der Waals surface area contributed by atoms with Gasteiger partial charge in [0.05, 0.1) is 25.3 Å². The highest BCUT2D eigenvalue weighted by molar-refractivity contribution is 6.38. The second-order valence-electron chi connectivity index (χ2n) is 7.54. The van der Waals surface area contributed by atoms with Crippen LogP contribution in [0.4, 0.5) is 18.9 Å². The summed E-state index contributed by atoms with van der Waals surface area (Å²) in [6, 6.07) is 11.7. The van der Waals surface area contributed by atoms with Crippen LogP contribution >= 0.6 is 0 Å². The van der Waals surface area contributed by atoms with Gasteiger partial charge in [0.15, 0.2) is 5.69 Å². The first kappa shape index (κ1) is 23.0. The van der Waals surface area contributed by atoms with Crippen LogP contribution in [0.25, 0.3) is 5.69 Å². The second kappa shape index (κ2) is 9.38. The number of para-hydroxylation sites is 1.